The van der Waals surface area contributed by atoms with E-state index < -0.39 is 0 Å². The summed E-state index contributed by atoms with van der Waals surface area (Å²) in [4.78, 5) is 8.01. The number of aryl methyl sites for hydroxylation is 1. The third-order valence-corrected chi connectivity index (χ3v) is 4.15. The van der Waals surface area contributed by atoms with Crippen LogP contribution in [0, 0.1) is 6.92 Å². The van der Waals surface area contributed by atoms with Gasteiger partial charge in [-0.3, -0.25) is 0 Å². The van der Waals surface area contributed by atoms with Gasteiger partial charge in [0.1, 0.15) is 0 Å². The van der Waals surface area contributed by atoms with Crippen LogP contribution in [0.2, 0.25) is 0 Å². The van der Waals surface area contributed by atoms with Crippen LogP contribution in [0.1, 0.15) is 16.1 Å². The Morgan fingerprint density at radius 2 is 2.31 bits per heavy atom. The van der Waals surface area contributed by atoms with Gasteiger partial charge in [0.05, 0.1) is 15.2 Å². The molecule has 1 aromatic carbocycles. The van der Waals surface area contributed by atoms with Gasteiger partial charge in [-0.1, -0.05) is 0 Å². The first-order valence-corrected chi connectivity index (χ1v) is 6.24. The van der Waals surface area contributed by atoms with Crippen molar-refractivity contribution >= 4 is 32.5 Å². The number of fused-ring (bicyclic) bond motifs is 2. The minimum Gasteiger partial charge on any atom is -0.361 e. The Morgan fingerprint density at radius 1 is 1.38 bits per heavy atom. The summed E-state index contributed by atoms with van der Waals surface area (Å²) in [5, 5.41) is 5.96. The Labute approximate surface area is 96.5 Å². The highest BCUT2D eigenvalue weighted by molar-refractivity contribution is 7.18. The second-order valence-electron chi connectivity index (χ2n) is 4.27. The van der Waals surface area contributed by atoms with E-state index in [4.69, 9.17) is 0 Å². The molecule has 2 aromatic heterocycles. The Balaban J connectivity index is 2.29. The van der Waals surface area contributed by atoms with Crippen LogP contribution in [0.4, 0.5) is 0 Å². The van der Waals surface area contributed by atoms with E-state index in [9.17, 15) is 0 Å². The summed E-state index contributed by atoms with van der Waals surface area (Å²) in [5.74, 6) is 0. The van der Waals surface area contributed by atoms with Crippen LogP contribution in [0.3, 0.4) is 0 Å². The Bertz CT molecular complexity index is 707. The number of hydrogen-bond donors (Lipinski definition) is 2. The van der Waals surface area contributed by atoms with E-state index in [2.05, 4.69) is 34.5 Å². The van der Waals surface area contributed by atoms with E-state index in [1.165, 1.54) is 32.2 Å². The van der Waals surface area contributed by atoms with Crippen molar-refractivity contribution in [1.29, 1.82) is 0 Å². The Kier molecular flexibility index (Phi) is 1.55. The quantitative estimate of drug-likeness (QED) is 0.622. The van der Waals surface area contributed by atoms with Gasteiger partial charge < -0.3 is 10.3 Å². The number of nitrogens with one attached hydrogen (secondary N) is 2. The van der Waals surface area contributed by atoms with Crippen molar-refractivity contribution in [2.24, 2.45) is 0 Å². The van der Waals surface area contributed by atoms with E-state index in [-0.39, 0.29) is 0 Å². The summed E-state index contributed by atoms with van der Waals surface area (Å²) in [7, 11) is 0. The van der Waals surface area contributed by atoms with Gasteiger partial charge >= 0.3 is 0 Å². The molecule has 0 aliphatic carbocycles. The first-order valence-electron chi connectivity index (χ1n) is 5.42. The Morgan fingerprint density at radius 3 is 3.25 bits per heavy atom. The molecule has 4 heteroatoms. The summed E-state index contributed by atoms with van der Waals surface area (Å²) in [6.45, 7) is 3.96. The van der Waals surface area contributed by atoms with Gasteiger partial charge in [-0.2, -0.15) is 0 Å². The van der Waals surface area contributed by atoms with Crippen LogP contribution in [0.15, 0.2) is 12.3 Å². The molecule has 0 spiro atoms. The third-order valence-electron chi connectivity index (χ3n) is 3.23. The fourth-order valence-electron chi connectivity index (χ4n) is 2.59. The smallest absolute Gasteiger partial charge is 0.0907 e. The number of aromatic amines is 1. The lowest BCUT2D eigenvalue weighted by atomic mass is 10.0. The van der Waals surface area contributed by atoms with Crippen LogP contribution >= 0.6 is 11.3 Å². The monoisotopic (exact) mass is 229 g/mol. The normalized spacial score (nSPS) is 15.1. The second-order valence-corrected chi connectivity index (χ2v) is 5.51. The molecule has 4 rings (SSSR count). The molecule has 80 valence electrons. The topological polar surface area (TPSA) is 40.7 Å². The molecule has 3 heterocycles. The van der Waals surface area contributed by atoms with Crippen molar-refractivity contribution < 1.29 is 0 Å². The van der Waals surface area contributed by atoms with Crippen molar-refractivity contribution in [1.82, 2.24) is 15.3 Å². The molecule has 1 aliphatic heterocycles. The molecular weight excluding hydrogens is 218 g/mol. The minimum atomic E-state index is 0.932. The largest absolute Gasteiger partial charge is 0.361 e. The van der Waals surface area contributed by atoms with Gasteiger partial charge in [0, 0.05) is 35.8 Å². The number of aromatic nitrogens is 2. The molecule has 0 unspecified atom stereocenters. The molecule has 16 heavy (non-hydrogen) atoms. The lowest BCUT2D eigenvalue weighted by Crippen LogP contribution is -2.17. The van der Waals surface area contributed by atoms with Gasteiger partial charge in [-0.15, -0.1) is 11.3 Å². The molecule has 2 N–H and O–H groups in total. The first-order chi connectivity index (χ1) is 7.83. The van der Waals surface area contributed by atoms with Gasteiger partial charge in [0.15, 0.2) is 0 Å². The summed E-state index contributed by atoms with van der Waals surface area (Å²) >= 11 is 1.77. The van der Waals surface area contributed by atoms with Crippen LogP contribution in [-0.2, 0) is 13.1 Å². The highest BCUT2D eigenvalue weighted by Crippen LogP contribution is 2.34. The third kappa shape index (κ3) is 0.982. The molecule has 0 bridgehead atoms. The van der Waals surface area contributed by atoms with E-state index >= 15 is 0 Å². The van der Waals surface area contributed by atoms with E-state index in [1.807, 2.05) is 0 Å². The van der Waals surface area contributed by atoms with Gasteiger partial charge in [-0.25, -0.2) is 4.98 Å². The van der Waals surface area contributed by atoms with E-state index in [1.54, 1.807) is 11.3 Å². The molecule has 3 nitrogen and oxygen atoms in total. The van der Waals surface area contributed by atoms with Crippen molar-refractivity contribution in [3.8, 4) is 0 Å². The Hall–Kier alpha value is -1.39. The second kappa shape index (κ2) is 2.84. The fraction of sp³-hybridized carbons (Fsp3) is 0.250. The maximum Gasteiger partial charge on any atom is 0.0907 e. The number of thiazole rings is 1. The van der Waals surface area contributed by atoms with Crippen LogP contribution in [-0.4, -0.2) is 9.97 Å². The van der Waals surface area contributed by atoms with Gasteiger partial charge in [0.2, 0.25) is 0 Å². The average Bonchev–Trinajstić information content (AvgIpc) is 2.84. The predicted molar refractivity (Wildman–Crippen MR) is 66.8 cm³/mol. The highest BCUT2D eigenvalue weighted by atomic mass is 32.1. The van der Waals surface area contributed by atoms with Crippen molar-refractivity contribution in [2.45, 2.75) is 20.0 Å². The summed E-state index contributed by atoms with van der Waals surface area (Å²) < 4.78 is 1.29. The maximum atomic E-state index is 4.65. The predicted octanol–water partition coefficient (Wildman–Crippen LogP) is 2.69. The SMILES string of the molecule is Cc1nc2c3c4c(c[nH]c4cc2s1)CNC3. The zero-order chi connectivity index (χ0) is 10.7. The van der Waals surface area contributed by atoms with Crippen molar-refractivity contribution in [3.63, 3.8) is 0 Å². The van der Waals surface area contributed by atoms with Crippen LogP contribution < -0.4 is 5.32 Å². The summed E-state index contributed by atoms with van der Waals surface area (Å²) in [6.07, 6.45) is 2.11. The lowest BCUT2D eigenvalue weighted by Gasteiger charge is -2.14. The van der Waals surface area contributed by atoms with Gasteiger partial charge in [-0.05, 0) is 18.6 Å². The number of benzene rings is 1. The fourth-order valence-corrected chi connectivity index (χ4v) is 3.49. The summed E-state index contributed by atoms with van der Waals surface area (Å²) in [6, 6.07) is 2.23. The zero-order valence-electron chi connectivity index (χ0n) is 8.92. The van der Waals surface area contributed by atoms with Crippen LogP contribution in [0.5, 0.6) is 0 Å². The van der Waals surface area contributed by atoms with Crippen LogP contribution in [0.25, 0.3) is 21.1 Å². The van der Waals surface area contributed by atoms with Crippen molar-refractivity contribution in [2.75, 3.05) is 0 Å². The molecule has 0 saturated heterocycles. The number of hydrogen-bond acceptors (Lipinski definition) is 3. The molecule has 1 aliphatic rings. The first kappa shape index (κ1) is 8.73. The summed E-state index contributed by atoms with van der Waals surface area (Å²) in [5.41, 5.74) is 5.16. The standard InChI is InChI=1S/C12H11N3S/c1-6-15-12-8-5-13-3-7-4-14-9(11(7)8)2-10(12)16-6/h2,4,13-14H,3,5H2,1H3. The maximum absolute atomic E-state index is 4.65. The molecule has 0 saturated carbocycles. The lowest BCUT2D eigenvalue weighted by molar-refractivity contribution is 0.687. The highest BCUT2D eigenvalue weighted by Gasteiger charge is 2.18. The molecule has 0 radical (unpaired) electrons. The average molecular weight is 229 g/mol. The molecule has 3 aromatic rings. The molecular formula is C12H11N3S. The number of rotatable bonds is 0. The number of nitrogens with zero attached hydrogens (tertiary/aromatic N) is 1. The molecule has 0 amide bonds. The molecule has 0 atom stereocenters. The number of H-pyrrole nitrogens is 1. The van der Waals surface area contributed by atoms with E-state index in [0.717, 1.165) is 18.1 Å². The van der Waals surface area contributed by atoms with Crippen molar-refractivity contribution in [3.05, 3.63) is 28.4 Å². The van der Waals surface area contributed by atoms with E-state index in [0.29, 0.717) is 0 Å². The molecule has 0 fully saturated rings. The zero-order valence-corrected chi connectivity index (χ0v) is 9.74. The van der Waals surface area contributed by atoms with Gasteiger partial charge in [0.25, 0.3) is 0 Å². The minimum absolute atomic E-state index is 0.932.